The maximum Gasteiger partial charge on any atom is 0.259 e. The van der Waals surface area contributed by atoms with E-state index in [0.717, 1.165) is 16.7 Å². The lowest BCUT2D eigenvalue weighted by atomic mass is 9.99. The van der Waals surface area contributed by atoms with Crippen molar-refractivity contribution in [2.24, 2.45) is 5.92 Å². The molecule has 198 valence electrons. The van der Waals surface area contributed by atoms with Crippen LogP contribution in [0, 0.1) is 5.92 Å². The van der Waals surface area contributed by atoms with E-state index in [0.29, 0.717) is 18.7 Å². The first-order chi connectivity index (χ1) is 18.4. The lowest BCUT2D eigenvalue weighted by Crippen LogP contribution is -2.50. The van der Waals surface area contributed by atoms with Crippen LogP contribution in [0.1, 0.15) is 40.9 Å². The van der Waals surface area contributed by atoms with E-state index in [2.05, 4.69) is 9.97 Å². The molecule has 2 aromatic heterocycles. The Hall–Kier alpha value is -4.04. The smallest absolute Gasteiger partial charge is 0.259 e. The van der Waals surface area contributed by atoms with Crippen molar-refractivity contribution >= 4 is 24.0 Å². The molecule has 0 unspecified atom stereocenters. The van der Waals surface area contributed by atoms with Crippen LogP contribution in [0.25, 0.3) is 12.2 Å². The lowest BCUT2D eigenvalue weighted by molar-refractivity contribution is -0.130. The zero-order valence-electron chi connectivity index (χ0n) is 22.0. The number of aliphatic hydroxyl groups is 1. The summed E-state index contributed by atoms with van der Waals surface area (Å²) in [6.45, 7) is 4.34. The highest BCUT2D eigenvalue weighted by Crippen LogP contribution is 2.28. The second kappa shape index (κ2) is 12.5. The Kier molecular flexibility index (Phi) is 8.86. The van der Waals surface area contributed by atoms with Gasteiger partial charge in [-0.2, -0.15) is 0 Å². The fraction of sp³-hybridized carbons (Fsp3) is 0.333. The van der Waals surface area contributed by atoms with Crippen LogP contribution >= 0.6 is 0 Å². The maximum absolute atomic E-state index is 13.6. The Morgan fingerprint density at radius 2 is 1.95 bits per heavy atom. The first-order valence-electron chi connectivity index (χ1n) is 12.8. The number of carbonyl (C=O) groups excluding carboxylic acids is 2. The van der Waals surface area contributed by atoms with Crippen molar-refractivity contribution in [3.8, 4) is 5.88 Å². The number of amides is 2. The Balaban J connectivity index is 1.59. The molecular formula is C30H34N4O4. The number of likely N-dealkylation sites (N-methyl/N-ethyl adjacent to an activating group) is 1. The van der Waals surface area contributed by atoms with Crippen LogP contribution in [-0.4, -0.2) is 75.6 Å². The monoisotopic (exact) mass is 514 g/mol. The van der Waals surface area contributed by atoms with Crippen molar-refractivity contribution < 1.29 is 19.4 Å². The molecule has 1 aromatic carbocycles. The second-order valence-corrected chi connectivity index (χ2v) is 9.80. The molecule has 1 aliphatic heterocycles. The predicted octanol–water partition coefficient (Wildman–Crippen LogP) is 3.57. The highest BCUT2D eigenvalue weighted by molar-refractivity contribution is 5.97. The summed E-state index contributed by atoms with van der Waals surface area (Å²) < 4.78 is 6.32. The van der Waals surface area contributed by atoms with Crippen molar-refractivity contribution in [1.29, 1.82) is 0 Å². The molecule has 0 aliphatic carbocycles. The molecule has 3 aromatic rings. The van der Waals surface area contributed by atoms with Crippen LogP contribution < -0.4 is 4.74 Å². The van der Waals surface area contributed by atoms with Crippen molar-refractivity contribution in [3.05, 3.63) is 89.4 Å². The Morgan fingerprint density at radius 1 is 1.18 bits per heavy atom. The quantitative estimate of drug-likeness (QED) is 0.494. The van der Waals surface area contributed by atoms with Gasteiger partial charge in [-0.15, -0.1) is 0 Å². The summed E-state index contributed by atoms with van der Waals surface area (Å²) in [5.41, 5.74) is 2.97. The highest BCUT2D eigenvalue weighted by Gasteiger charge is 2.34. The maximum atomic E-state index is 13.6. The molecule has 4 rings (SSSR count). The van der Waals surface area contributed by atoms with E-state index in [1.807, 2.05) is 68.5 Å². The van der Waals surface area contributed by atoms with E-state index < -0.39 is 6.10 Å². The molecular weight excluding hydrogens is 480 g/mol. The Labute approximate surface area is 223 Å². The van der Waals surface area contributed by atoms with Gasteiger partial charge in [-0.25, -0.2) is 4.98 Å². The van der Waals surface area contributed by atoms with Gasteiger partial charge in [0.15, 0.2) is 0 Å². The molecule has 0 saturated carbocycles. The minimum absolute atomic E-state index is 0.0536. The van der Waals surface area contributed by atoms with E-state index in [1.54, 1.807) is 41.5 Å². The summed E-state index contributed by atoms with van der Waals surface area (Å²) in [4.78, 5) is 38.4. The van der Waals surface area contributed by atoms with Crippen LogP contribution in [0.3, 0.4) is 0 Å². The van der Waals surface area contributed by atoms with Gasteiger partial charge < -0.3 is 19.6 Å². The van der Waals surface area contributed by atoms with Gasteiger partial charge in [-0.1, -0.05) is 55.5 Å². The van der Waals surface area contributed by atoms with E-state index in [4.69, 9.17) is 4.74 Å². The molecule has 1 N–H and O–H groups in total. The van der Waals surface area contributed by atoms with Crippen molar-refractivity contribution in [2.45, 2.75) is 32.4 Å². The molecule has 3 atom stereocenters. The molecule has 0 radical (unpaired) electrons. The van der Waals surface area contributed by atoms with Crippen LogP contribution in [0.4, 0.5) is 0 Å². The van der Waals surface area contributed by atoms with Crippen LogP contribution in [0.15, 0.2) is 67.1 Å². The van der Waals surface area contributed by atoms with Gasteiger partial charge in [0.1, 0.15) is 11.7 Å². The SMILES string of the molecule is C[C@H](CO)N1C[C@H](C)[C@H](CN(C)C(=O)Cc2cccnc2)Oc2ncc(C=Cc3ccccc3)cc2C1=O. The molecule has 0 saturated heterocycles. The van der Waals surface area contributed by atoms with Crippen molar-refractivity contribution in [1.82, 2.24) is 19.8 Å². The van der Waals surface area contributed by atoms with E-state index in [9.17, 15) is 14.7 Å². The summed E-state index contributed by atoms with van der Waals surface area (Å²) in [7, 11) is 1.75. The fourth-order valence-corrected chi connectivity index (χ4v) is 4.37. The first kappa shape index (κ1) is 27.0. The van der Waals surface area contributed by atoms with E-state index in [1.165, 1.54) is 0 Å². The summed E-state index contributed by atoms with van der Waals surface area (Å²) in [5.74, 6) is -0.182. The first-order valence-corrected chi connectivity index (χ1v) is 12.8. The largest absolute Gasteiger partial charge is 0.472 e. The molecule has 0 fully saturated rings. The Morgan fingerprint density at radius 3 is 2.66 bits per heavy atom. The van der Waals surface area contributed by atoms with Gasteiger partial charge in [0.05, 0.1) is 25.6 Å². The predicted molar refractivity (Wildman–Crippen MR) is 146 cm³/mol. The topological polar surface area (TPSA) is 95.9 Å². The zero-order valence-corrected chi connectivity index (χ0v) is 22.0. The number of pyridine rings is 2. The van der Waals surface area contributed by atoms with E-state index >= 15 is 0 Å². The number of benzene rings is 1. The van der Waals surface area contributed by atoms with Crippen molar-refractivity contribution in [3.63, 3.8) is 0 Å². The molecule has 0 bridgehead atoms. The number of aliphatic hydroxyl groups excluding tert-OH is 1. The standard InChI is InChI=1S/C30H34N4O4/c1-21-18-34(22(2)20-35)30(37)26-14-25(12-11-23-8-5-4-6-9-23)17-32-29(26)38-27(21)19-33(3)28(36)15-24-10-7-13-31-16-24/h4-14,16-17,21-22,27,35H,15,18-20H2,1-3H3/t21-,22+,27-/m0/s1. The van der Waals surface area contributed by atoms with Crippen LogP contribution in [0.5, 0.6) is 5.88 Å². The number of hydrogen-bond donors (Lipinski definition) is 1. The fourth-order valence-electron chi connectivity index (χ4n) is 4.37. The van der Waals surface area contributed by atoms with Gasteiger partial charge in [0.25, 0.3) is 5.91 Å². The third kappa shape index (κ3) is 6.63. The molecule has 3 heterocycles. The Bertz CT molecular complexity index is 1270. The summed E-state index contributed by atoms with van der Waals surface area (Å²) >= 11 is 0. The van der Waals surface area contributed by atoms with Crippen LogP contribution in [-0.2, 0) is 11.2 Å². The molecule has 1 aliphatic rings. The minimum atomic E-state index is -0.406. The molecule has 8 heteroatoms. The van der Waals surface area contributed by atoms with Gasteiger partial charge in [0.2, 0.25) is 11.8 Å². The van der Waals surface area contributed by atoms with Crippen LogP contribution in [0.2, 0.25) is 0 Å². The van der Waals surface area contributed by atoms with E-state index in [-0.39, 0.29) is 42.7 Å². The normalized spacial score (nSPS) is 18.3. The van der Waals surface area contributed by atoms with Crippen molar-refractivity contribution in [2.75, 3.05) is 26.7 Å². The number of rotatable bonds is 8. The summed E-state index contributed by atoms with van der Waals surface area (Å²) in [6, 6.07) is 14.9. The average molecular weight is 515 g/mol. The summed E-state index contributed by atoms with van der Waals surface area (Å²) in [6.07, 6.45) is 8.73. The number of aromatic nitrogens is 2. The molecule has 2 amide bonds. The second-order valence-electron chi connectivity index (χ2n) is 9.80. The van der Waals surface area contributed by atoms with Gasteiger partial charge in [0, 0.05) is 38.1 Å². The van der Waals surface area contributed by atoms with Gasteiger partial charge in [-0.3, -0.25) is 14.6 Å². The van der Waals surface area contributed by atoms with Gasteiger partial charge >= 0.3 is 0 Å². The number of ether oxygens (including phenoxy) is 1. The zero-order chi connectivity index (χ0) is 27.1. The number of fused-ring (bicyclic) bond motifs is 1. The molecule has 0 spiro atoms. The number of hydrogen-bond acceptors (Lipinski definition) is 6. The molecule has 38 heavy (non-hydrogen) atoms. The lowest BCUT2D eigenvalue weighted by Gasteiger charge is -2.37. The minimum Gasteiger partial charge on any atom is -0.472 e. The van der Waals surface area contributed by atoms with Gasteiger partial charge in [-0.05, 0) is 35.7 Å². The number of nitrogens with zero attached hydrogens (tertiary/aromatic N) is 4. The molecule has 8 nitrogen and oxygen atoms in total. The number of carbonyl (C=O) groups is 2. The average Bonchev–Trinajstić information content (AvgIpc) is 2.94. The highest BCUT2D eigenvalue weighted by atomic mass is 16.5. The third-order valence-corrected chi connectivity index (χ3v) is 6.77. The summed E-state index contributed by atoms with van der Waals surface area (Å²) in [5, 5.41) is 9.88. The third-order valence-electron chi connectivity index (χ3n) is 6.77.